The molecule has 3 nitrogen and oxygen atoms in total. The fraction of sp³-hybridized carbons (Fsp3) is 0.357. The van der Waals surface area contributed by atoms with Crippen LogP contribution in [0.25, 0.3) is 0 Å². The zero-order valence-electron chi connectivity index (χ0n) is 9.82. The van der Waals surface area contributed by atoms with Gasteiger partial charge in [0.15, 0.2) is 0 Å². The van der Waals surface area contributed by atoms with E-state index in [1.54, 1.807) is 0 Å². The number of rotatable bonds is 1. The summed E-state index contributed by atoms with van der Waals surface area (Å²) in [6.45, 7) is 0. The number of hydrogen-bond donors (Lipinski definition) is 1. The summed E-state index contributed by atoms with van der Waals surface area (Å²) < 4.78 is 4.83. The second-order valence-corrected chi connectivity index (χ2v) is 4.61. The van der Waals surface area contributed by atoms with E-state index >= 15 is 0 Å². The van der Waals surface area contributed by atoms with E-state index in [-0.39, 0.29) is 5.97 Å². The number of ether oxygens (including phenoxy) is 1. The van der Waals surface area contributed by atoms with Crippen molar-refractivity contribution in [3.8, 4) is 0 Å². The molecule has 0 aromatic heterocycles. The summed E-state index contributed by atoms with van der Waals surface area (Å²) >= 11 is 0. The predicted octanol–water partition coefficient (Wildman–Crippen LogP) is 2.49. The zero-order chi connectivity index (χ0) is 11.8. The summed E-state index contributed by atoms with van der Waals surface area (Å²) in [5, 5.41) is 3.40. The van der Waals surface area contributed by atoms with E-state index in [2.05, 4.69) is 23.5 Å². The predicted molar refractivity (Wildman–Crippen MR) is 65.5 cm³/mol. The summed E-state index contributed by atoms with van der Waals surface area (Å²) in [6, 6.07) is 8.28. The number of hydrogen-bond acceptors (Lipinski definition) is 3. The van der Waals surface area contributed by atoms with E-state index < -0.39 is 0 Å². The van der Waals surface area contributed by atoms with Crippen molar-refractivity contribution in [3.63, 3.8) is 0 Å². The number of methoxy groups -OCH3 is 1. The Hall–Kier alpha value is -1.77. The van der Waals surface area contributed by atoms with E-state index in [1.807, 2.05) is 6.07 Å². The van der Waals surface area contributed by atoms with E-state index in [4.69, 9.17) is 4.74 Å². The number of benzene rings is 1. The van der Waals surface area contributed by atoms with E-state index in [0.717, 1.165) is 36.2 Å². The standard InChI is InChI=1S/C14H15NO2/c1-17-14(16)11-7-6-10-8-9-4-2-3-5-12(9)15-13(10)11/h2-5,10,15H,6-8H2,1H3. The van der Waals surface area contributed by atoms with E-state index in [9.17, 15) is 4.79 Å². The number of esters is 1. The van der Waals surface area contributed by atoms with Crippen LogP contribution in [0.3, 0.4) is 0 Å². The first-order valence-corrected chi connectivity index (χ1v) is 5.96. The van der Waals surface area contributed by atoms with Crippen LogP contribution in [0.2, 0.25) is 0 Å². The van der Waals surface area contributed by atoms with E-state index in [1.165, 1.54) is 12.7 Å². The Morgan fingerprint density at radius 1 is 1.41 bits per heavy atom. The Labute approximate surface area is 100 Å². The van der Waals surface area contributed by atoms with Gasteiger partial charge in [-0.1, -0.05) is 18.2 Å². The second-order valence-electron chi connectivity index (χ2n) is 4.61. The lowest BCUT2D eigenvalue weighted by atomic mass is 9.91. The molecule has 1 aromatic carbocycles. The molecule has 0 spiro atoms. The summed E-state index contributed by atoms with van der Waals surface area (Å²) in [5.74, 6) is 0.272. The molecular formula is C14H15NO2. The summed E-state index contributed by atoms with van der Waals surface area (Å²) in [6.07, 6.45) is 2.90. The molecule has 88 valence electrons. The van der Waals surface area contributed by atoms with Crippen molar-refractivity contribution >= 4 is 11.7 Å². The van der Waals surface area contributed by atoms with Crippen LogP contribution >= 0.6 is 0 Å². The minimum absolute atomic E-state index is 0.186. The molecule has 1 atom stereocenters. The first-order chi connectivity index (χ1) is 8.29. The van der Waals surface area contributed by atoms with Gasteiger partial charge in [-0.15, -0.1) is 0 Å². The maximum absolute atomic E-state index is 11.7. The number of carbonyl (C=O) groups excluding carboxylic acids is 1. The van der Waals surface area contributed by atoms with Crippen molar-refractivity contribution in [3.05, 3.63) is 41.1 Å². The van der Waals surface area contributed by atoms with Crippen LogP contribution in [-0.2, 0) is 16.0 Å². The van der Waals surface area contributed by atoms with Crippen LogP contribution in [0.15, 0.2) is 35.5 Å². The maximum Gasteiger partial charge on any atom is 0.335 e. The van der Waals surface area contributed by atoms with Gasteiger partial charge in [0, 0.05) is 17.3 Å². The highest BCUT2D eigenvalue weighted by atomic mass is 16.5. The Bertz CT molecular complexity index is 505. The Kier molecular flexibility index (Phi) is 2.39. The third-order valence-corrected chi connectivity index (χ3v) is 3.66. The van der Waals surface area contributed by atoms with Crippen molar-refractivity contribution in [1.29, 1.82) is 0 Å². The lowest BCUT2D eigenvalue weighted by Crippen LogP contribution is -2.20. The number of para-hydroxylation sites is 1. The lowest BCUT2D eigenvalue weighted by molar-refractivity contribution is -0.136. The molecule has 0 bridgehead atoms. The molecule has 1 aliphatic heterocycles. The third-order valence-electron chi connectivity index (χ3n) is 3.66. The summed E-state index contributed by atoms with van der Waals surface area (Å²) in [7, 11) is 1.44. The van der Waals surface area contributed by atoms with Crippen LogP contribution in [0.5, 0.6) is 0 Å². The topological polar surface area (TPSA) is 38.3 Å². The van der Waals surface area contributed by atoms with E-state index in [0.29, 0.717) is 5.92 Å². The Balaban J connectivity index is 2.00. The normalized spacial score (nSPS) is 21.6. The number of nitrogens with one attached hydrogen (secondary N) is 1. The van der Waals surface area contributed by atoms with Crippen LogP contribution in [0.1, 0.15) is 18.4 Å². The van der Waals surface area contributed by atoms with Gasteiger partial charge in [0.2, 0.25) is 0 Å². The molecule has 17 heavy (non-hydrogen) atoms. The van der Waals surface area contributed by atoms with Gasteiger partial charge in [-0.3, -0.25) is 0 Å². The molecule has 0 amide bonds. The first-order valence-electron chi connectivity index (χ1n) is 5.96. The van der Waals surface area contributed by atoms with Gasteiger partial charge >= 0.3 is 5.97 Å². The third kappa shape index (κ3) is 1.62. The monoisotopic (exact) mass is 229 g/mol. The van der Waals surface area contributed by atoms with Gasteiger partial charge in [-0.2, -0.15) is 0 Å². The van der Waals surface area contributed by atoms with Crippen molar-refractivity contribution in [2.75, 3.05) is 12.4 Å². The molecule has 0 saturated heterocycles. The molecule has 3 rings (SSSR count). The molecule has 1 aromatic rings. The van der Waals surface area contributed by atoms with Gasteiger partial charge < -0.3 is 10.1 Å². The van der Waals surface area contributed by atoms with Gasteiger partial charge in [-0.25, -0.2) is 4.79 Å². The average Bonchev–Trinajstić information content (AvgIpc) is 2.78. The quantitative estimate of drug-likeness (QED) is 0.752. The van der Waals surface area contributed by atoms with Gasteiger partial charge in [-0.05, 0) is 30.9 Å². The summed E-state index contributed by atoms with van der Waals surface area (Å²) in [5.41, 5.74) is 4.37. The molecule has 1 aliphatic carbocycles. The molecule has 0 fully saturated rings. The molecule has 1 unspecified atom stereocenters. The lowest BCUT2D eigenvalue weighted by Gasteiger charge is -2.26. The smallest absolute Gasteiger partial charge is 0.335 e. The minimum atomic E-state index is -0.186. The molecule has 1 N–H and O–H groups in total. The average molecular weight is 229 g/mol. The number of allylic oxidation sites excluding steroid dienone is 1. The van der Waals surface area contributed by atoms with Crippen LogP contribution < -0.4 is 5.32 Å². The Morgan fingerprint density at radius 2 is 2.24 bits per heavy atom. The molecular weight excluding hydrogens is 214 g/mol. The van der Waals surface area contributed by atoms with Gasteiger partial charge in [0.25, 0.3) is 0 Å². The zero-order valence-corrected chi connectivity index (χ0v) is 9.82. The van der Waals surface area contributed by atoms with Crippen LogP contribution in [0.4, 0.5) is 5.69 Å². The Morgan fingerprint density at radius 3 is 3.06 bits per heavy atom. The van der Waals surface area contributed by atoms with Crippen molar-refractivity contribution in [2.45, 2.75) is 19.3 Å². The fourth-order valence-electron chi connectivity index (χ4n) is 2.79. The maximum atomic E-state index is 11.7. The number of fused-ring (bicyclic) bond motifs is 2. The van der Waals surface area contributed by atoms with Crippen LogP contribution in [0, 0.1) is 5.92 Å². The highest BCUT2D eigenvalue weighted by Crippen LogP contribution is 2.40. The molecule has 0 radical (unpaired) electrons. The van der Waals surface area contributed by atoms with Gasteiger partial charge in [0.1, 0.15) is 0 Å². The molecule has 1 heterocycles. The van der Waals surface area contributed by atoms with Crippen LogP contribution in [-0.4, -0.2) is 13.1 Å². The summed E-state index contributed by atoms with van der Waals surface area (Å²) in [4.78, 5) is 11.7. The largest absolute Gasteiger partial charge is 0.466 e. The highest BCUT2D eigenvalue weighted by molar-refractivity contribution is 5.91. The highest BCUT2D eigenvalue weighted by Gasteiger charge is 2.33. The molecule has 0 saturated carbocycles. The fourth-order valence-corrected chi connectivity index (χ4v) is 2.79. The minimum Gasteiger partial charge on any atom is -0.466 e. The molecule has 2 aliphatic rings. The van der Waals surface area contributed by atoms with Gasteiger partial charge in [0.05, 0.1) is 12.7 Å². The van der Waals surface area contributed by atoms with Crippen molar-refractivity contribution in [2.24, 2.45) is 5.92 Å². The first kappa shape index (κ1) is 10.4. The number of carbonyl (C=O) groups is 1. The number of anilines is 1. The van der Waals surface area contributed by atoms with Crippen molar-refractivity contribution < 1.29 is 9.53 Å². The molecule has 3 heteroatoms. The second kappa shape index (κ2) is 3.91. The SMILES string of the molecule is COC(=O)C1=C2Nc3ccccc3CC2CC1. The van der Waals surface area contributed by atoms with Crippen molar-refractivity contribution in [1.82, 2.24) is 0 Å².